The second-order valence-electron chi connectivity index (χ2n) is 5.98. The van der Waals surface area contributed by atoms with Crippen LogP contribution < -0.4 is 16.0 Å². The Labute approximate surface area is 134 Å². The molecular weight excluding hydrogens is 309 g/mol. The number of anilines is 2. The second-order valence-corrected chi connectivity index (χ2v) is 5.98. The van der Waals surface area contributed by atoms with Gasteiger partial charge in [-0.15, -0.1) is 12.4 Å². The van der Waals surface area contributed by atoms with Crippen molar-refractivity contribution < 1.29 is 14.0 Å². The van der Waals surface area contributed by atoms with E-state index in [2.05, 4.69) is 16.0 Å². The van der Waals surface area contributed by atoms with Gasteiger partial charge >= 0.3 is 0 Å². The predicted octanol–water partition coefficient (Wildman–Crippen LogP) is 2.07. The summed E-state index contributed by atoms with van der Waals surface area (Å²) >= 11 is 0. The fourth-order valence-electron chi connectivity index (χ4n) is 2.78. The van der Waals surface area contributed by atoms with Crippen molar-refractivity contribution in [3.8, 4) is 0 Å². The van der Waals surface area contributed by atoms with E-state index in [0.717, 1.165) is 18.5 Å². The highest BCUT2D eigenvalue weighted by Gasteiger charge is 2.36. The number of hydrogen-bond acceptors (Lipinski definition) is 3. The number of carbonyl (C=O) groups is 2. The van der Waals surface area contributed by atoms with Crippen LogP contribution in [0.5, 0.6) is 0 Å². The summed E-state index contributed by atoms with van der Waals surface area (Å²) in [6.45, 7) is 3.23. The molecule has 2 aliphatic heterocycles. The largest absolute Gasteiger partial charge is 0.326 e. The van der Waals surface area contributed by atoms with Gasteiger partial charge in [0.1, 0.15) is 5.82 Å². The summed E-state index contributed by atoms with van der Waals surface area (Å²) in [4.78, 5) is 23.7. The zero-order valence-electron chi connectivity index (χ0n) is 12.3. The number of fused-ring (bicyclic) bond motifs is 1. The number of amides is 2. The molecule has 5 nitrogen and oxygen atoms in total. The first-order valence-corrected chi connectivity index (χ1v) is 7.12. The first kappa shape index (κ1) is 16.7. The lowest BCUT2D eigenvalue weighted by atomic mass is 9.88. The molecule has 7 heteroatoms. The molecule has 0 radical (unpaired) electrons. The minimum absolute atomic E-state index is 0. The monoisotopic (exact) mass is 327 g/mol. The Bertz CT molecular complexity index is 615. The lowest BCUT2D eigenvalue weighted by Gasteiger charge is -2.23. The molecule has 1 aromatic carbocycles. The van der Waals surface area contributed by atoms with Crippen LogP contribution in [0.4, 0.5) is 15.8 Å². The van der Waals surface area contributed by atoms with Crippen LogP contribution in [0.15, 0.2) is 12.1 Å². The summed E-state index contributed by atoms with van der Waals surface area (Å²) < 4.78 is 14.1. The Hall–Kier alpha value is -1.66. The molecule has 0 spiro atoms. The number of carbonyl (C=O) groups excluding carboxylic acids is 2. The Balaban J connectivity index is 0.00000176. The van der Waals surface area contributed by atoms with E-state index in [9.17, 15) is 14.0 Å². The van der Waals surface area contributed by atoms with Crippen molar-refractivity contribution >= 4 is 35.6 Å². The third kappa shape index (κ3) is 3.08. The van der Waals surface area contributed by atoms with Gasteiger partial charge in [0.2, 0.25) is 11.8 Å². The van der Waals surface area contributed by atoms with E-state index in [1.165, 1.54) is 12.1 Å². The Morgan fingerprint density at radius 3 is 2.82 bits per heavy atom. The van der Waals surface area contributed by atoms with Gasteiger partial charge in [-0.25, -0.2) is 4.39 Å². The maximum absolute atomic E-state index is 14.1. The molecule has 2 amide bonds. The third-order valence-corrected chi connectivity index (χ3v) is 4.25. The number of hydrogen-bond donors (Lipinski definition) is 3. The molecule has 0 aliphatic carbocycles. The average Bonchev–Trinajstić information content (AvgIpc) is 2.88. The van der Waals surface area contributed by atoms with E-state index in [0.29, 0.717) is 25.1 Å². The molecule has 0 bridgehead atoms. The van der Waals surface area contributed by atoms with Gasteiger partial charge in [0.25, 0.3) is 0 Å². The SMILES string of the molecule is CC1(C(=O)Nc2cc3c(cc2F)CCC(=O)N3)CCNC1.Cl. The predicted molar refractivity (Wildman–Crippen MR) is 84.8 cm³/mol. The lowest BCUT2D eigenvalue weighted by Crippen LogP contribution is -2.35. The van der Waals surface area contributed by atoms with E-state index in [-0.39, 0.29) is 29.9 Å². The fourth-order valence-corrected chi connectivity index (χ4v) is 2.78. The topological polar surface area (TPSA) is 70.2 Å². The number of benzene rings is 1. The van der Waals surface area contributed by atoms with Crippen molar-refractivity contribution in [2.75, 3.05) is 23.7 Å². The molecular formula is C15H19ClFN3O2. The highest BCUT2D eigenvalue weighted by atomic mass is 35.5. The molecule has 0 aromatic heterocycles. The van der Waals surface area contributed by atoms with Gasteiger partial charge in [0, 0.05) is 18.7 Å². The molecule has 1 fully saturated rings. The minimum Gasteiger partial charge on any atom is -0.326 e. The molecule has 1 atom stereocenters. The summed E-state index contributed by atoms with van der Waals surface area (Å²) in [7, 11) is 0. The van der Waals surface area contributed by atoms with Gasteiger partial charge in [0.15, 0.2) is 0 Å². The number of rotatable bonds is 2. The van der Waals surface area contributed by atoms with E-state index in [4.69, 9.17) is 0 Å². The van der Waals surface area contributed by atoms with Crippen LogP contribution in [0.25, 0.3) is 0 Å². The first-order valence-electron chi connectivity index (χ1n) is 7.12. The minimum atomic E-state index is -0.522. The summed E-state index contributed by atoms with van der Waals surface area (Å²) in [5.41, 5.74) is 0.941. The molecule has 22 heavy (non-hydrogen) atoms. The molecule has 120 valence electrons. The first-order chi connectivity index (χ1) is 9.98. The van der Waals surface area contributed by atoms with Crippen LogP contribution in [0.2, 0.25) is 0 Å². The van der Waals surface area contributed by atoms with Gasteiger partial charge < -0.3 is 16.0 Å². The molecule has 0 saturated carbocycles. The molecule has 1 aromatic rings. The Morgan fingerprint density at radius 1 is 1.36 bits per heavy atom. The van der Waals surface area contributed by atoms with Crippen LogP contribution >= 0.6 is 12.4 Å². The van der Waals surface area contributed by atoms with E-state index < -0.39 is 11.2 Å². The van der Waals surface area contributed by atoms with Crippen molar-refractivity contribution in [2.24, 2.45) is 5.41 Å². The summed E-state index contributed by atoms with van der Waals surface area (Å²) in [5.74, 6) is -0.750. The van der Waals surface area contributed by atoms with Gasteiger partial charge in [-0.2, -0.15) is 0 Å². The van der Waals surface area contributed by atoms with Crippen molar-refractivity contribution in [3.63, 3.8) is 0 Å². The lowest BCUT2D eigenvalue weighted by molar-refractivity contribution is -0.123. The molecule has 3 rings (SSSR count). The normalized spacial score (nSPS) is 23.3. The van der Waals surface area contributed by atoms with Crippen LogP contribution in [0.1, 0.15) is 25.3 Å². The summed E-state index contributed by atoms with van der Waals surface area (Å²) in [5, 5.41) is 8.50. The summed E-state index contributed by atoms with van der Waals surface area (Å²) in [6, 6.07) is 2.89. The highest BCUT2D eigenvalue weighted by Crippen LogP contribution is 2.31. The molecule has 3 N–H and O–H groups in total. The van der Waals surface area contributed by atoms with Crippen molar-refractivity contribution in [1.29, 1.82) is 0 Å². The number of nitrogens with one attached hydrogen (secondary N) is 3. The van der Waals surface area contributed by atoms with E-state index in [1.54, 1.807) is 0 Å². The standard InChI is InChI=1S/C15H18FN3O2.ClH/c1-15(4-5-17-8-15)14(21)19-12-7-11-9(6-10(12)16)2-3-13(20)18-11;/h6-7,17H,2-5,8H2,1H3,(H,18,20)(H,19,21);1H. The molecule has 1 unspecified atom stereocenters. The smallest absolute Gasteiger partial charge is 0.231 e. The summed E-state index contributed by atoms with van der Waals surface area (Å²) in [6.07, 6.45) is 1.61. The van der Waals surface area contributed by atoms with Crippen LogP contribution in [-0.2, 0) is 16.0 Å². The zero-order valence-corrected chi connectivity index (χ0v) is 13.1. The zero-order chi connectivity index (χ0) is 15.0. The maximum atomic E-state index is 14.1. The third-order valence-electron chi connectivity index (χ3n) is 4.25. The van der Waals surface area contributed by atoms with Gasteiger partial charge in [-0.05, 0) is 44.0 Å². The van der Waals surface area contributed by atoms with Crippen LogP contribution in [0.3, 0.4) is 0 Å². The van der Waals surface area contributed by atoms with Crippen LogP contribution in [0, 0.1) is 11.2 Å². The Kier molecular flexibility index (Phi) is 4.72. The van der Waals surface area contributed by atoms with Gasteiger partial charge in [-0.1, -0.05) is 0 Å². The Morgan fingerprint density at radius 2 is 2.14 bits per heavy atom. The maximum Gasteiger partial charge on any atom is 0.231 e. The number of aryl methyl sites for hydroxylation is 1. The second kappa shape index (κ2) is 6.22. The highest BCUT2D eigenvalue weighted by molar-refractivity contribution is 5.98. The van der Waals surface area contributed by atoms with Crippen molar-refractivity contribution in [3.05, 3.63) is 23.5 Å². The van der Waals surface area contributed by atoms with Gasteiger partial charge in [-0.3, -0.25) is 9.59 Å². The van der Waals surface area contributed by atoms with Gasteiger partial charge in [0.05, 0.1) is 11.1 Å². The van der Waals surface area contributed by atoms with E-state index in [1.807, 2.05) is 6.92 Å². The van der Waals surface area contributed by atoms with Crippen LogP contribution in [-0.4, -0.2) is 24.9 Å². The number of halogens is 2. The molecule has 1 saturated heterocycles. The molecule has 2 aliphatic rings. The van der Waals surface area contributed by atoms with E-state index >= 15 is 0 Å². The van der Waals surface area contributed by atoms with Crippen molar-refractivity contribution in [2.45, 2.75) is 26.2 Å². The quantitative estimate of drug-likeness (QED) is 0.779. The van der Waals surface area contributed by atoms with Crippen molar-refractivity contribution in [1.82, 2.24) is 5.32 Å². The molecule has 2 heterocycles. The average molecular weight is 328 g/mol. The fraction of sp³-hybridized carbons (Fsp3) is 0.467.